The Hall–Kier alpha value is -1.83. The largest absolute Gasteiger partial charge is 0.426 e. The summed E-state index contributed by atoms with van der Waals surface area (Å²) in [6.07, 6.45) is 5.32. The van der Waals surface area contributed by atoms with Gasteiger partial charge in [-0.15, -0.1) is 23.1 Å². The van der Waals surface area contributed by atoms with E-state index >= 15 is 0 Å². The molecule has 2 fully saturated rings. The Balaban J connectivity index is 1.52. The van der Waals surface area contributed by atoms with Gasteiger partial charge in [0.2, 0.25) is 5.91 Å². The highest BCUT2D eigenvalue weighted by molar-refractivity contribution is 8.00. The highest BCUT2D eigenvalue weighted by Gasteiger charge is 2.38. The summed E-state index contributed by atoms with van der Waals surface area (Å²) in [6.45, 7) is 0. The van der Waals surface area contributed by atoms with Crippen molar-refractivity contribution in [2.75, 3.05) is 5.75 Å². The maximum Gasteiger partial charge on any atom is 0.314 e. The van der Waals surface area contributed by atoms with E-state index in [9.17, 15) is 9.59 Å². The molecule has 1 atom stereocenters. The summed E-state index contributed by atoms with van der Waals surface area (Å²) in [7, 11) is 0. The van der Waals surface area contributed by atoms with E-state index < -0.39 is 0 Å². The van der Waals surface area contributed by atoms with Crippen molar-refractivity contribution in [1.82, 2.24) is 5.48 Å². The molecule has 2 aliphatic rings. The highest BCUT2D eigenvalue weighted by Crippen LogP contribution is 2.50. The number of nitrogens with one attached hydrogen (secondary N) is 1. The predicted octanol–water partition coefficient (Wildman–Crippen LogP) is 4.74. The van der Waals surface area contributed by atoms with Crippen LogP contribution in [0.5, 0.6) is 5.75 Å². The number of carbonyl (C=O) groups is 2. The molecule has 0 radical (unpaired) electrons. The average Bonchev–Trinajstić information content (AvgIpc) is 3.46. The lowest BCUT2D eigenvalue weighted by molar-refractivity contribution is -0.135. The standard InChI is InChI=1S/C21H23NO4S2/c23-19(22-25)13-21(11-1-2-12-27-21)18-10-9-17(28-18)14-5-7-16(8-6-14)26-20(24)15-3-4-15/h5-10,15,25H,1-4,11-13H2,(H,22,23)/t21-/m0/s1. The number of amides is 1. The third-order valence-electron chi connectivity index (χ3n) is 5.25. The first-order valence-electron chi connectivity index (χ1n) is 9.59. The highest BCUT2D eigenvalue weighted by atomic mass is 32.2. The van der Waals surface area contributed by atoms with E-state index in [0.29, 0.717) is 5.75 Å². The van der Waals surface area contributed by atoms with Crippen molar-refractivity contribution in [3.63, 3.8) is 0 Å². The Bertz CT molecular complexity index is 852. The minimum atomic E-state index is -0.341. The second kappa shape index (κ2) is 8.27. The lowest BCUT2D eigenvalue weighted by Crippen LogP contribution is -2.32. The first-order chi connectivity index (χ1) is 13.6. The molecular formula is C21H23NO4S2. The third kappa shape index (κ3) is 4.26. The molecule has 4 rings (SSSR count). The summed E-state index contributed by atoms with van der Waals surface area (Å²) in [5.74, 6) is 1.21. The number of hydrogen-bond acceptors (Lipinski definition) is 6. The number of benzene rings is 1. The van der Waals surface area contributed by atoms with Crippen LogP contribution in [0.1, 0.15) is 43.4 Å². The van der Waals surface area contributed by atoms with E-state index in [4.69, 9.17) is 9.94 Å². The second-order valence-electron chi connectivity index (χ2n) is 7.40. The van der Waals surface area contributed by atoms with Crippen molar-refractivity contribution in [2.24, 2.45) is 5.92 Å². The van der Waals surface area contributed by atoms with Crippen LogP contribution in [0.4, 0.5) is 0 Å². The van der Waals surface area contributed by atoms with Crippen LogP contribution in [0.15, 0.2) is 36.4 Å². The van der Waals surface area contributed by atoms with E-state index in [1.807, 2.05) is 36.0 Å². The van der Waals surface area contributed by atoms with Gasteiger partial charge in [0.25, 0.3) is 0 Å². The van der Waals surface area contributed by atoms with Gasteiger partial charge in [-0.3, -0.25) is 14.8 Å². The zero-order chi connectivity index (χ0) is 19.6. The summed E-state index contributed by atoms with van der Waals surface area (Å²) in [6, 6.07) is 11.8. The van der Waals surface area contributed by atoms with Crippen LogP contribution in [0, 0.1) is 5.92 Å². The number of hydrogen-bond donors (Lipinski definition) is 2. The van der Waals surface area contributed by atoms with E-state index in [1.165, 1.54) is 4.88 Å². The van der Waals surface area contributed by atoms with Crippen molar-refractivity contribution < 1.29 is 19.5 Å². The molecular weight excluding hydrogens is 394 g/mol. The van der Waals surface area contributed by atoms with Gasteiger partial charge in [0.1, 0.15) is 5.75 Å². The van der Waals surface area contributed by atoms with Gasteiger partial charge in [-0.2, -0.15) is 0 Å². The maximum absolute atomic E-state index is 11.9. The molecule has 1 aromatic heterocycles. The van der Waals surface area contributed by atoms with E-state index in [2.05, 4.69) is 12.1 Å². The lowest BCUT2D eigenvalue weighted by Gasteiger charge is -2.35. The monoisotopic (exact) mass is 417 g/mol. The fraction of sp³-hybridized carbons (Fsp3) is 0.429. The summed E-state index contributed by atoms with van der Waals surface area (Å²) in [4.78, 5) is 26.0. The van der Waals surface area contributed by atoms with Crippen molar-refractivity contribution in [3.05, 3.63) is 41.3 Å². The van der Waals surface area contributed by atoms with Crippen molar-refractivity contribution >= 4 is 35.0 Å². The molecule has 2 aromatic rings. The van der Waals surface area contributed by atoms with Crippen LogP contribution < -0.4 is 10.2 Å². The normalized spacial score (nSPS) is 21.9. The quantitative estimate of drug-likeness (QED) is 0.307. The molecule has 5 nitrogen and oxygen atoms in total. The average molecular weight is 418 g/mol. The Morgan fingerprint density at radius 3 is 2.57 bits per heavy atom. The minimum Gasteiger partial charge on any atom is -0.426 e. The van der Waals surface area contributed by atoms with Crippen molar-refractivity contribution in [3.8, 4) is 16.2 Å². The number of rotatable bonds is 6. The number of hydroxylamine groups is 1. The van der Waals surface area contributed by atoms with Crippen molar-refractivity contribution in [2.45, 2.75) is 43.3 Å². The Morgan fingerprint density at radius 1 is 1.14 bits per heavy atom. The van der Waals surface area contributed by atoms with Crippen LogP contribution in [0.25, 0.3) is 10.4 Å². The predicted molar refractivity (Wildman–Crippen MR) is 111 cm³/mol. The van der Waals surface area contributed by atoms with E-state index in [0.717, 1.165) is 48.3 Å². The molecule has 148 valence electrons. The van der Waals surface area contributed by atoms with Gasteiger partial charge in [0.05, 0.1) is 10.7 Å². The molecule has 2 N–H and O–H groups in total. The maximum atomic E-state index is 11.9. The molecule has 2 heterocycles. The zero-order valence-corrected chi connectivity index (χ0v) is 17.1. The molecule has 1 saturated heterocycles. The number of carbonyl (C=O) groups excluding carboxylic acids is 2. The number of ether oxygens (including phenoxy) is 1. The zero-order valence-electron chi connectivity index (χ0n) is 15.5. The second-order valence-corrected chi connectivity index (χ2v) is 9.96. The molecule has 1 aliphatic heterocycles. The van der Waals surface area contributed by atoms with Crippen LogP contribution >= 0.6 is 23.1 Å². The molecule has 7 heteroatoms. The van der Waals surface area contributed by atoms with Gasteiger partial charge in [0.15, 0.2) is 0 Å². The van der Waals surface area contributed by atoms with Gasteiger partial charge in [-0.1, -0.05) is 6.42 Å². The Morgan fingerprint density at radius 2 is 1.93 bits per heavy atom. The smallest absolute Gasteiger partial charge is 0.314 e. The number of thioether (sulfide) groups is 1. The first kappa shape index (κ1) is 19.5. The summed E-state index contributed by atoms with van der Waals surface area (Å²) in [5, 5.41) is 9.00. The Labute approximate surface area is 172 Å². The third-order valence-corrected chi connectivity index (χ3v) is 8.33. The summed E-state index contributed by atoms with van der Waals surface area (Å²) in [5.41, 5.74) is 2.85. The molecule has 1 saturated carbocycles. The van der Waals surface area contributed by atoms with Crippen LogP contribution in [-0.4, -0.2) is 22.8 Å². The topological polar surface area (TPSA) is 75.6 Å². The van der Waals surface area contributed by atoms with E-state index in [-0.39, 0.29) is 29.0 Å². The summed E-state index contributed by atoms with van der Waals surface area (Å²) >= 11 is 3.50. The van der Waals surface area contributed by atoms with Crippen molar-refractivity contribution in [1.29, 1.82) is 0 Å². The molecule has 28 heavy (non-hydrogen) atoms. The molecule has 1 aliphatic carbocycles. The van der Waals surface area contributed by atoms with Crippen LogP contribution in [0.3, 0.4) is 0 Å². The van der Waals surface area contributed by atoms with Crippen LogP contribution in [-0.2, 0) is 14.3 Å². The van der Waals surface area contributed by atoms with Gasteiger partial charge < -0.3 is 4.74 Å². The molecule has 0 bridgehead atoms. The Kier molecular flexibility index (Phi) is 5.75. The summed E-state index contributed by atoms with van der Waals surface area (Å²) < 4.78 is 5.12. The molecule has 1 aromatic carbocycles. The minimum absolute atomic E-state index is 0.0832. The first-order valence-corrected chi connectivity index (χ1v) is 11.4. The van der Waals surface area contributed by atoms with Crippen LogP contribution in [0.2, 0.25) is 0 Å². The molecule has 0 spiro atoms. The number of esters is 1. The fourth-order valence-electron chi connectivity index (χ4n) is 3.52. The molecule has 1 amide bonds. The molecule has 0 unspecified atom stereocenters. The van der Waals surface area contributed by atoms with Gasteiger partial charge in [-0.05, 0) is 73.4 Å². The van der Waals surface area contributed by atoms with Gasteiger partial charge in [-0.25, -0.2) is 5.48 Å². The number of thiophene rings is 1. The van der Waals surface area contributed by atoms with Gasteiger partial charge in [0, 0.05) is 16.2 Å². The van der Waals surface area contributed by atoms with E-state index in [1.54, 1.807) is 16.8 Å². The fourth-order valence-corrected chi connectivity index (χ4v) is 6.41. The lowest BCUT2D eigenvalue weighted by atomic mass is 9.94. The SMILES string of the molecule is O=C(C[C@]1(c2ccc(-c3ccc(OC(=O)C4CC4)cc3)s2)CCCCS1)NO. The van der Waals surface area contributed by atoms with Gasteiger partial charge >= 0.3 is 5.97 Å².